The fraction of sp³-hybridized carbons (Fsp3) is 0.0625. The van der Waals surface area contributed by atoms with Crippen molar-refractivity contribution in [2.75, 3.05) is 11.9 Å². The van der Waals surface area contributed by atoms with Crippen LogP contribution in [-0.4, -0.2) is 38.7 Å². The van der Waals surface area contributed by atoms with E-state index in [0.29, 0.717) is 5.69 Å². The van der Waals surface area contributed by atoms with Gasteiger partial charge in [-0.25, -0.2) is 13.9 Å². The molecule has 2 aromatic carbocycles. The minimum absolute atomic E-state index is 0.0544. The first-order valence-corrected chi connectivity index (χ1v) is 7.66. The van der Waals surface area contributed by atoms with Crippen LogP contribution in [-0.2, 0) is 9.53 Å². The van der Waals surface area contributed by atoms with Crippen molar-refractivity contribution in [3.63, 3.8) is 0 Å². The number of ether oxygens (including phenoxy) is 1. The van der Waals surface area contributed by atoms with Crippen LogP contribution in [0.5, 0.6) is 0 Å². The van der Waals surface area contributed by atoms with E-state index in [2.05, 4.69) is 20.8 Å². The van der Waals surface area contributed by atoms with Crippen molar-refractivity contribution in [2.24, 2.45) is 0 Å². The second kappa shape index (κ2) is 7.70. The molecule has 0 saturated heterocycles. The maximum Gasteiger partial charge on any atom is 0.338 e. The molecule has 1 N–H and O–H groups in total. The molecular weight excluding hydrogens is 365 g/mol. The minimum Gasteiger partial charge on any atom is -0.452 e. The van der Waals surface area contributed by atoms with E-state index in [0.717, 1.165) is 6.07 Å². The van der Waals surface area contributed by atoms with Crippen LogP contribution in [0.2, 0.25) is 5.02 Å². The Morgan fingerprint density at radius 3 is 2.62 bits per heavy atom. The summed E-state index contributed by atoms with van der Waals surface area (Å²) in [6.45, 7) is -0.560. The van der Waals surface area contributed by atoms with E-state index in [1.165, 1.54) is 35.3 Å². The number of aromatic nitrogens is 4. The van der Waals surface area contributed by atoms with E-state index >= 15 is 0 Å². The van der Waals surface area contributed by atoms with Crippen LogP contribution < -0.4 is 5.32 Å². The summed E-state index contributed by atoms with van der Waals surface area (Å²) in [5, 5.41) is 13.2. The van der Waals surface area contributed by atoms with E-state index < -0.39 is 24.3 Å². The topological polar surface area (TPSA) is 99.0 Å². The van der Waals surface area contributed by atoms with Crippen molar-refractivity contribution in [1.82, 2.24) is 20.2 Å². The molecule has 0 aliphatic rings. The summed E-state index contributed by atoms with van der Waals surface area (Å²) in [5.74, 6) is -2.06. The molecule has 0 aliphatic heterocycles. The number of esters is 1. The summed E-state index contributed by atoms with van der Waals surface area (Å²) >= 11 is 5.63. The van der Waals surface area contributed by atoms with Gasteiger partial charge in [0.25, 0.3) is 5.91 Å². The Bertz CT molecular complexity index is 932. The molecule has 26 heavy (non-hydrogen) atoms. The lowest BCUT2D eigenvalue weighted by Crippen LogP contribution is -2.21. The zero-order chi connectivity index (χ0) is 18.5. The van der Waals surface area contributed by atoms with Gasteiger partial charge in [-0.2, -0.15) is 0 Å². The Morgan fingerprint density at radius 2 is 1.96 bits per heavy atom. The highest BCUT2D eigenvalue weighted by molar-refractivity contribution is 6.30. The molecule has 1 aromatic heterocycles. The maximum atomic E-state index is 13.6. The summed E-state index contributed by atoms with van der Waals surface area (Å²) in [6.07, 6.45) is 1.41. The monoisotopic (exact) mass is 375 g/mol. The molecular formula is C16H11ClFN5O3. The van der Waals surface area contributed by atoms with Crippen LogP contribution in [0.25, 0.3) is 5.69 Å². The molecule has 0 atom stereocenters. The molecule has 3 rings (SSSR count). The number of nitrogens with one attached hydrogen (secondary N) is 1. The predicted molar refractivity (Wildman–Crippen MR) is 89.5 cm³/mol. The van der Waals surface area contributed by atoms with Gasteiger partial charge in [0, 0.05) is 5.02 Å². The van der Waals surface area contributed by atoms with Gasteiger partial charge < -0.3 is 10.1 Å². The highest BCUT2D eigenvalue weighted by atomic mass is 35.5. The van der Waals surface area contributed by atoms with Gasteiger partial charge in [0.2, 0.25) is 0 Å². The third-order valence-corrected chi connectivity index (χ3v) is 3.49. The Kier molecular flexibility index (Phi) is 5.18. The number of amides is 1. The van der Waals surface area contributed by atoms with E-state index in [1.54, 1.807) is 12.1 Å². The van der Waals surface area contributed by atoms with Gasteiger partial charge in [-0.1, -0.05) is 11.6 Å². The average molecular weight is 376 g/mol. The Morgan fingerprint density at radius 1 is 1.19 bits per heavy atom. The van der Waals surface area contributed by atoms with E-state index in [4.69, 9.17) is 16.3 Å². The number of hydrogen-bond acceptors (Lipinski definition) is 6. The molecule has 0 unspecified atom stereocenters. The number of carbonyl (C=O) groups excluding carboxylic acids is 2. The summed E-state index contributed by atoms with van der Waals surface area (Å²) in [7, 11) is 0. The van der Waals surface area contributed by atoms with Crippen LogP contribution in [0.3, 0.4) is 0 Å². The third kappa shape index (κ3) is 4.19. The van der Waals surface area contributed by atoms with Gasteiger partial charge in [-0.3, -0.25) is 4.79 Å². The van der Waals surface area contributed by atoms with Gasteiger partial charge in [-0.15, -0.1) is 5.10 Å². The first kappa shape index (κ1) is 17.5. The van der Waals surface area contributed by atoms with Gasteiger partial charge in [0.15, 0.2) is 6.61 Å². The van der Waals surface area contributed by atoms with Crippen LogP contribution in [0.15, 0.2) is 48.8 Å². The second-order valence-electron chi connectivity index (χ2n) is 5.05. The highest BCUT2D eigenvalue weighted by Gasteiger charge is 2.12. The van der Waals surface area contributed by atoms with E-state index in [-0.39, 0.29) is 16.3 Å². The molecule has 0 spiro atoms. The lowest BCUT2D eigenvalue weighted by atomic mass is 10.2. The summed E-state index contributed by atoms with van der Waals surface area (Å²) in [4.78, 5) is 23.8. The van der Waals surface area contributed by atoms with Gasteiger partial charge in [0.05, 0.1) is 16.9 Å². The van der Waals surface area contributed by atoms with Crippen molar-refractivity contribution >= 4 is 29.2 Å². The number of anilines is 1. The van der Waals surface area contributed by atoms with Crippen molar-refractivity contribution in [2.45, 2.75) is 0 Å². The molecule has 132 valence electrons. The van der Waals surface area contributed by atoms with Crippen LogP contribution in [0.4, 0.5) is 10.1 Å². The van der Waals surface area contributed by atoms with Crippen molar-refractivity contribution < 1.29 is 18.7 Å². The third-order valence-electron chi connectivity index (χ3n) is 3.26. The van der Waals surface area contributed by atoms with Gasteiger partial charge >= 0.3 is 5.97 Å². The summed E-state index contributed by atoms with van der Waals surface area (Å²) < 4.78 is 19.9. The van der Waals surface area contributed by atoms with Crippen molar-refractivity contribution in [1.29, 1.82) is 0 Å². The first-order valence-electron chi connectivity index (χ1n) is 7.28. The van der Waals surface area contributed by atoms with Gasteiger partial charge in [0.1, 0.15) is 12.1 Å². The number of nitrogens with zero attached hydrogens (tertiary/aromatic N) is 4. The van der Waals surface area contributed by atoms with Crippen LogP contribution in [0.1, 0.15) is 10.4 Å². The van der Waals surface area contributed by atoms with E-state index in [1.807, 2.05) is 0 Å². The zero-order valence-corrected chi connectivity index (χ0v) is 13.9. The molecule has 8 nitrogen and oxygen atoms in total. The Labute approximate surface area is 151 Å². The van der Waals surface area contributed by atoms with Gasteiger partial charge in [-0.05, 0) is 52.9 Å². The fourth-order valence-electron chi connectivity index (χ4n) is 2.02. The SMILES string of the molecule is O=C(COC(=O)c1ccc(-n2cnnn2)cc1)Nc1ccc(Cl)cc1F. The largest absolute Gasteiger partial charge is 0.452 e. The highest BCUT2D eigenvalue weighted by Crippen LogP contribution is 2.18. The normalized spacial score (nSPS) is 10.4. The quantitative estimate of drug-likeness (QED) is 0.687. The molecule has 3 aromatic rings. The molecule has 0 aliphatic carbocycles. The standard InChI is InChI=1S/C16H11ClFN5O3/c17-11-3-6-14(13(18)7-11)20-15(24)8-26-16(25)10-1-4-12(5-2-10)23-9-19-21-22-23/h1-7,9H,8H2,(H,20,24). The Hall–Kier alpha value is -3.33. The van der Waals surface area contributed by atoms with Crippen molar-refractivity contribution in [3.05, 3.63) is 65.2 Å². The average Bonchev–Trinajstić information content (AvgIpc) is 3.17. The molecule has 0 bridgehead atoms. The first-order chi connectivity index (χ1) is 12.5. The van der Waals surface area contributed by atoms with Crippen LogP contribution in [0, 0.1) is 5.82 Å². The number of benzene rings is 2. The summed E-state index contributed by atoms with van der Waals surface area (Å²) in [5.41, 5.74) is 0.844. The number of hydrogen-bond donors (Lipinski definition) is 1. The lowest BCUT2D eigenvalue weighted by Gasteiger charge is -2.08. The fourth-order valence-corrected chi connectivity index (χ4v) is 2.18. The predicted octanol–water partition coefficient (Wildman–Crippen LogP) is 2.25. The molecule has 1 amide bonds. The molecule has 0 radical (unpaired) electrons. The van der Waals surface area contributed by atoms with Crippen LogP contribution >= 0.6 is 11.6 Å². The maximum absolute atomic E-state index is 13.6. The molecule has 0 saturated carbocycles. The Balaban J connectivity index is 1.55. The smallest absolute Gasteiger partial charge is 0.338 e. The number of rotatable bonds is 5. The van der Waals surface area contributed by atoms with Crippen molar-refractivity contribution in [3.8, 4) is 5.69 Å². The second-order valence-corrected chi connectivity index (χ2v) is 5.49. The van der Waals surface area contributed by atoms with E-state index in [9.17, 15) is 14.0 Å². The molecule has 1 heterocycles. The zero-order valence-electron chi connectivity index (χ0n) is 13.1. The molecule has 0 fully saturated rings. The summed E-state index contributed by atoms with van der Waals surface area (Å²) in [6, 6.07) is 10.1. The number of tetrazole rings is 1. The lowest BCUT2D eigenvalue weighted by molar-refractivity contribution is -0.119. The molecule has 10 heteroatoms. The number of halogens is 2. The minimum atomic E-state index is -0.694. The number of carbonyl (C=O) groups is 2.